The van der Waals surface area contributed by atoms with Crippen LogP contribution in [0.25, 0.3) is 0 Å². The lowest BCUT2D eigenvalue weighted by atomic mass is 10.0. The number of carbonyl (C=O) groups excluding carboxylic acids is 1. The second-order valence-corrected chi connectivity index (χ2v) is 7.30. The van der Waals surface area contributed by atoms with E-state index in [1.165, 1.54) is 57.8 Å². The van der Waals surface area contributed by atoms with E-state index in [4.69, 9.17) is 5.11 Å². The Labute approximate surface area is 155 Å². The average molecular weight is 358 g/mol. The van der Waals surface area contributed by atoms with Gasteiger partial charge in [0.05, 0.1) is 6.10 Å². The van der Waals surface area contributed by atoms with Crippen LogP contribution in [0.4, 0.5) is 0 Å². The van der Waals surface area contributed by atoms with E-state index in [9.17, 15) is 9.90 Å². The van der Waals surface area contributed by atoms with E-state index in [1.54, 1.807) is 0 Å². The maximum atomic E-state index is 11.5. The summed E-state index contributed by atoms with van der Waals surface area (Å²) in [4.78, 5) is 11.5. The molecule has 150 valence electrons. The molecule has 4 heteroatoms. The van der Waals surface area contributed by atoms with Crippen molar-refractivity contribution in [3.8, 4) is 0 Å². The first-order valence-corrected chi connectivity index (χ1v) is 10.8. The van der Waals surface area contributed by atoms with Gasteiger partial charge in [0.15, 0.2) is 0 Å². The van der Waals surface area contributed by atoms with E-state index >= 15 is 0 Å². The molecule has 0 aromatic carbocycles. The number of rotatable bonds is 19. The molecule has 0 radical (unpaired) electrons. The Balaban J connectivity index is 3.19. The Hall–Kier alpha value is -0.610. The molecule has 25 heavy (non-hydrogen) atoms. The largest absolute Gasteiger partial charge is 0.396 e. The van der Waals surface area contributed by atoms with Gasteiger partial charge >= 0.3 is 0 Å². The van der Waals surface area contributed by atoms with Gasteiger partial charge in [0.1, 0.15) is 0 Å². The Kier molecular flexibility index (Phi) is 19.2. The number of carbonyl (C=O) groups is 1. The highest BCUT2D eigenvalue weighted by Gasteiger charge is 2.03. The monoisotopic (exact) mass is 357 g/mol. The SMILES string of the molecule is CCCCCCC(O)CCCCCCCCCCC(=O)NCCCO. The molecule has 1 amide bonds. The predicted octanol–water partition coefficient (Wildman–Crippen LogP) is 4.72. The number of hydrogen-bond acceptors (Lipinski definition) is 3. The summed E-state index contributed by atoms with van der Waals surface area (Å²) < 4.78 is 0. The van der Waals surface area contributed by atoms with Gasteiger partial charge < -0.3 is 15.5 Å². The summed E-state index contributed by atoms with van der Waals surface area (Å²) in [5.41, 5.74) is 0. The molecule has 0 fully saturated rings. The molecular weight excluding hydrogens is 314 g/mol. The van der Waals surface area contributed by atoms with Crippen molar-refractivity contribution in [2.75, 3.05) is 13.2 Å². The van der Waals surface area contributed by atoms with Crippen molar-refractivity contribution in [1.29, 1.82) is 0 Å². The van der Waals surface area contributed by atoms with Crippen LogP contribution in [0.3, 0.4) is 0 Å². The lowest BCUT2D eigenvalue weighted by molar-refractivity contribution is -0.121. The molecule has 3 N–H and O–H groups in total. The molecule has 0 aromatic rings. The number of aliphatic hydroxyl groups is 2. The van der Waals surface area contributed by atoms with E-state index in [2.05, 4.69) is 12.2 Å². The van der Waals surface area contributed by atoms with E-state index in [-0.39, 0.29) is 18.6 Å². The van der Waals surface area contributed by atoms with Gasteiger partial charge in [-0.3, -0.25) is 4.79 Å². The van der Waals surface area contributed by atoms with Crippen LogP contribution in [0.5, 0.6) is 0 Å². The fourth-order valence-corrected chi connectivity index (χ4v) is 3.07. The molecule has 0 aromatic heterocycles. The van der Waals surface area contributed by atoms with Crippen LogP contribution in [-0.4, -0.2) is 35.4 Å². The first-order chi connectivity index (χ1) is 12.2. The molecular formula is C21H43NO3. The van der Waals surface area contributed by atoms with Crippen LogP contribution in [0.15, 0.2) is 0 Å². The van der Waals surface area contributed by atoms with Crippen molar-refractivity contribution in [3.05, 3.63) is 0 Å². The summed E-state index contributed by atoms with van der Waals surface area (Å²) in [7, 11) is 0. The third kappa shape index (κ3) is 19.6. The molecule has 0 spiro atoms. The summed E-state index contributed by atoms with van der Waals surface area (Å²) >= 11 is 0. The first-order valence-electron chi connectivity index (χ1n) is 10.8. The minimum atomic E-state index is -0.0830. The second kappa shape index (κ2) is 19.7. The van der Waals surface area contributed by atoms with Gasteiger partial charge in [-0.15, -0.1) is 0 Å². The molecule has 0 heterocycles. The van der Waals surface area contributed by atoms with Gasteiger partial charge in [0, 0.05) is 19.6 Å². The van der Waals surface area contributed by atoms with Gasteiger partial charge in [-0.1, -0.05) is 77.6 Å². The minimum absolute atomic E-state index is 0.0830. The lowest BCUT2D eigenvalue weighted by Crippen LogP contribution is -2.24. The highest BCUT2D eigenvalue weighted by atomic mass is 16.3. The minimum Gasteiger partial charge on any atom is -0.396 e. The van der Waals surface area contributed by atoms with Crippen molar-refractivity contribution in [1.82, 2.24) is 5.32 Å². The van der Waals surface area contributed by atoms with Crippen LogP contribution < -0.4 is 5.32 Å². The third-order valence-corrected chi connectivity index (χ3v) is 4.74. The predicted molar refractivity (Wildman–Crippen MR) is 106 cm³/mol. The molecule has 0 bridgehead atoms. The number of unbranched alkanes of at least 4 members (excludes halogenated alkanes) is 10. The van der Waals surface area contributed by atoms with Crippen molar-refractivity contribution in [2.45, 2.75) is 116 Å². The Bertz CT molecular complexity index is 284. The maximum absolute atomic E-state index is 11.5. The molecule has 0 rings (SSSR count). The van der Waals surface area contributed by atoms with E-state index < -0.39 is 0 Å². The smallest absolute Gasteiger partial charge is 0.219 e. The van der Waals surface area contributed by atoms with Gasteiger partial charge in [0.25, 0.3) is 0 Å². The van der Waals surface area contributed by atoms with Gasteiger partial charge in [0.2, 0.25) is 5.91 Å². The zero-order valence-corrected chi connectivity index (χ0v) is 16.6. The zero-order valence-electron chi connectivity index (χ0n) is 16.6. The lowest BCUT2D eigenvalue weighted by Gasteiger charge is -2.10. The zero-order chi connectivity index (χ0) is 18.6. The summed E-state index contributed by atoms with van der Waals surface area (Å²) in [5, 5.41) is 21.4. The van der Waals surface area contributed by atoms with E-state index in [0.717, 1.165) is 32.1 Å². The molecule has 0 aliphatic carbocycles. The summed E-state index contributed by atoms with van der Waals surface area (Å²) in [6.45, 7) is 2.94. The van der Waals surface area contributed by atoms with Crippen LogP contribution in [-0.2, 0) is 4.79 Å². The van der Waals surface area contributed by atoms with Crippen LogP contribution in [0.1, 0.15) is 110 Å². The van der Waals surface area contributed by atoms with E-state index in [1.807, 2.05) is 0 Å². The quantitative estimate of drug-likeness (QED) is 0.293. The second-order valence-electron chi connectivity index (χ2n) is 7.30. The first kappa shape index (κ1) is 24.4. The fourth-order valence-electron chi connectivity index (χ4n) is 3.07. The van der Waals surface area contributed by atoms with Crippen LogP contribution in [0, 0.1) is 0 Å². The molecule has 0 saturated heterocycles. The number of nitrogens with one attached hydrogen (secondary N) is 1. The normalized spacial score (nSPS) is 12.3. The number of amides is 1. The Morgan fingerprint density at radius 2 is 1.32 bits per heavy atom. The summed E-state index contributed by atoms with van der Waals surface area (Å²) in [6, 6.07) is 0. The molecule has 4 nitrogen and oxygen atoms in total. The molecule has 0 aliphatic rings. The van der Waals surface area contributed by atoms with Gasteiger partial charge in [-0.25, -0.2) is 0 Å². The Morgan fingerprint density at radius 1 is 0.800 bits per heavy atom. The number of hydrogen-bond donors (Lipinski definition) is 3. The summed E-state index contributed by atoms with van der Waals surface area (Å²) in [6.07, 6.45) is 17.6. The van der Waals surface area contributed by atoms with Crippen LogP contribution in [0.2, 0.25) is 0 Å². The molecule has 1 atom stereocenters. The molecule has 1 unspecified atom stereocenters. The third-order valence-electron chi connectivity index (χ3n) is 4.74. The number of aliphatic hydroxyl groups excluding tert-OH is 2. The maximum Gasteiger partial charge on any atom is 0.219 e. The van der Waals surface area contributed by atoms with E-state index in [0.29, 0.717) is 19.4 Å². The highest BCUT2D eigenvalue weighted by molar-refractivity contribution is 5.75. The highest BCUT2D eigenvalue weighted by Crippen LogP contribution is 2.14. The molecule has 0 aliphatic heterocycles. The van der Waals surface area contributed by atoms with Crippen molar-refractivity contribution >= 4 is 5.91 Å². The van der Waals surface area contributed by atoms with Gasteiger partial charge in [-0.05, 0) is 25.7 Å². The van der Waals surface area contributed by atoms with Crippen molar-refractivity contribution in [3.63, 3.8) is 0 Å². The molecule has 0 saturated carbocycles. The Morgan fingerprint density at radius 3 is 1.88 bits per heavy atom. The van der Waals surface area contributed by atoms with Crippen molar-refractivity contribution in [2.24, 2.45) is 0 Å². The summed E-state index contributed by atoms with van der Waals surface area (Å²) in [5.74, 6) is 0.113. The topological polar surface area (TPSA) is 69.6 Å². The van der Waals surface area contributed by atoms with Crippen LogP contribution >= 0.6 is 0 Å². The standard InChI is InChI=1S/C21H43NO3/c1-2-3-4-11-15-20(24)16-12-9-7-5-6-8-10-13-17-21(25)22-18-14-19-23/h20,23-24H,2-19H2,1H3,(H,22,25). The fraction of sp³-hybridized carbons (Fsp3) is 0.952. The average Bonchev–Trinajstić information content (AvgIpc) is 2.60. The van der Waals surface area contributed by atoms with Crippen molar-refractivity contribution < 1.29 is 15.0 Å². The van der Waals surface area contributed by atoms with Gasteiger partial charge in [-0.2, -0.15) is 0 Å².